The lowest BCUT2D eigenvalue weighted by atomic mass is 9.72. The molecule has 0 saturated carbocycles. The van der Waals surface area contributed by atoms with Gasteiger partial charge in [-0.25, -0.2) is 0 Å². The number of benzene rings is 4. The second-order valence-electron chi connectivity index (χ2n) is 12.3. The highest BCUT2D eigenvalue weighted by atomic mass is 16.6. The molecule has 41 heavy (non-hydrogen) atoms. The molecule has 0 amide bonds. The first-order valence-corrected chi connectivity index (χ1v) is 13.5. The second kappa shape index (κ2) is 9.16. The predicted octanol–water partition coefficient (Wildman–Crippen LogP) is 8.74. The molecular weight excluding hydrogens is 520 g/mol. The van der Waals surface area contributed by atoms with Crippen molar-refractivity contribution in [3.63, 3.8) is 0 Å². The fourth-order valence-corrected chi connectivity index (χ4v) is 7.03. The van der Waals surface area contributed by atoms with Gasteiger partial charge < -0.3 is 9.47 Å². The van der Waals surface area contributed by atoms with Crippen LogP contribution in [0.25, 0.3) is 0 Å². The van der Waals surface area contributed by atoms with E-state index in [0.29, 0.717) is 23.0 Å². The van der Waals surface area contributed by atoms with Crippen LogP contribution in [0.2, 0.25) is 0 Å². The summed E-state index contributed by atoms with van der Waals surface area (Å²) in [5, 5.41) is 22.6. The van der Waals surface area contributed by atoms with Crippen molar-refractivity contribution in [3.8, 4) is 23.0 Å². The average Bonchev–Trinajstić information content (AvgIpc) is 3.28. The van der Waals surface area contributed by atoms with Gasteiger partial charge in [0.2, 0.25) is 0 Å². The topological polar surface area (TPSA) is 105 Å². The van der Waals surface area contributed by atoms with Gasteiger partial charge in [-0.1, -0.05) is 52.0 Å². The molecule has 8 heteroatoms. The van der Waals surface area contributed by atoms with Gasteiger partial charge in [0.05, 0.1) is 22.0 Å². The Morgan fingerprint density at radius 2 is 0.951 bits per heavy atom. The minimum Gasteiger partial charge on any atom is -0.457 e. The molecule has 4 aromatic rings. The monoisotopic (exact) mass is 550 g/mol. The van der Waals surface area contributed by atoms with Crippen molar-refractivity contribution < 1.29 is 19.3 Å². The van der Waals surface area contributed by atoms with Crippen molar-refractivity contribution in [2.45, 2.75) is 56.8 Å². The van der Waals surface area contributed by atoms with Crippen molar-refractivity contribution in [3.05, 3.63) is 127 Å². The maximum atomic E-state index is 11.3. The Balaban J connectivity index is 1.43. The molecule has 0 N–H and O–H groups in total. The highest BCUT2D eigenvalue weighted by Gasteiger charge is 2.56. The number of nitrogens with zero attached hydrogens (tertiary/aromatic N) is 2. The highest BCUT2D eigenvalue weighted by Crippen LogP contribution is 2.63. The van der Waals surface area contributed by atoms with Crippen LogP contribution in [0.4, 0.5) is 11.4 Å². The Morgan fingerprint density at radius 3 is 1.34 bits per heavy atom. The summed E-state index contributed by atoms with van der Waals surface area (Å²) in [5.74, 6) is 2.06. The van der Waals surface area contributed by atoms with Crippen LogP contribution in [-0.2, 0) is 16.2 Å². The smallest absolute Gasteiger partial charge is 0.273 e. The largest absolute Gasteiger partial charge is 0.457 e. The first kappa shape index (κ1) is 26.5. The quantitative estimate of drug-likeness (QED) is 0.176. The molecule has 0 unspecified atom stereocenters. The van der Waals surface area contributed by atoms with Gasteiger partial charge in [-0.05, 0) is 82.3 Å². The summed E-state index contributed by atoms with van der Waals surface area (Å²) in [7, 11) is 0. The number of nitro groups is 2. The molecule has 0 saturated heterocycles. The molecule has 4 aromatic carbocycles. The zero-order chi connectivity index (χ0) is 29.2. The van der Waals surface area contributed by atoms with Gasteiger partial charge in [0.15, 0.2) is 0 Å². The average molecular weight is 551 g/mol. The van der Waals surface area contributed by atoms with E-state index in [1.165, 1.54) is 46.5 Å². The number of hydrogen-bond donors (Lipinski definition) is 0. The molecule has 2 aliphatic rings. The maximum Gasteiger partial charge on any atom is 0.273 e. The molecule has 0 radical (unpaired) electrons. The van der Waals surface area contributed by atoms with Gasteiger partial charge in [0.1, 0.15) is 23.0 Å². The fourth-order valence-electron chi connectivity index (χ4n) is 7.03. The Labute approximate surface area is 237 Å². The van der Waals surface area contributed by atoms with Crippen molar-refractivity contribution in [1.82, 2.24) is 0 Å². The van der Waals surface area contributed by atoms with Crippen molar-refractivity contribution in [1.29, 1.82) is 0 Å². The van der Waals surface area contributed by atoms with E-state index in [2.05, 4.69) is 52.0 Å². The molecule has 1 spiro atoms. The SMILES string of the molecule is CC1(C)CC2(CC(C)(C)c3ccc(Oc4cccc([N+](=O)[O-])c4)cc32)c2cc(Oc3cccc([N+](=O)[O-])c3)ccc21. The standard InChI is InChI=1S/C33H30N2O6/c1-31(2)19-33(29-17-25(11-13-27(29)31)40-23-9-5-7-21(15-23)34(36)37)20-32(3,4)28-14-12-26(18-30(28)33)41-24-10-6-8-22(16-24)35(38)39/h5-18H,19-20H2,1-4H3. The van der Waals surface area contributed by atoms with Crippen LogP contribution in [0, 0.1) is 20.2 Å². The molecule has 0 bridgehead atoms. The van der Waals surface area contributed by atoms with Crippen molar-refractivity contribution in [2.75, 3.05) is 0 Å². The van der Waals surface area contributed by atoms with E-state index in [9.17, 15) is 20.2 Å². The highest BCUT2D eigenvalue weighted by molar-refractivity contribution is 5.62. The molecule has 0 heterocycles. The van der Waals surface area contributed by atoms with Crippen molar-refractivity contribution in [2.24, 2.45) is 0 Å². The normalized spacial score (nSPS) is 17.1. The van der Waals surface area contributed by atoms with E-state index >= 15 is 0 Å². The first-order chi connectivity index (χ1) is 19.4. The van der Waals surface area contributed by atoms with Gasteiger partial charge in [0.25, 0.3) is 11.4 Å². The summed E-state index contributed by atoms with van der Waals surface area (Å²) < 4.78 is 12.3. The molecule has 0 aliphatic heterocycles. The summed E-state index contributed by atoms with van der Waals surface area (Å²) in [4.78, 5) is 21.7. The summed E-state index contributed by atoms with van der Waals surface area (Å²) >= 11 is 0. The summed E-state index contributed by atoms with van der Waals surface area (Å²) in [6.45, 7) is 9.04. The molecule has 0 atom stereocenters. The van der Waals surface area contributed by atoms with Crippen molar-refractivity contribution >= 4 is 11.4 Å². The number of nitro benzene ring substituents is 2. The molecular formula is C33H30N2O6. The van der Waals surface area contributed by atoms with E-state index in [4.69, 9.17) is 9.47 Å². The summed E-state index contributed by atoms with van der Waals surface area (Å²) in [6, 6.07) is 24.7. The van der Waals surface area contributed by atoms with Crippen LogP contribution in [0.1, 0.15) is 62.8 Å². The van der Waals surface area contributed by atoms with Gasteiger partial charge in [-0.15, -0.1) is 0 Å². The van der Waals surface area contributed by atoms with E-state index in [-0.39, 0.29) is 27.6 Å². The minimum atomic E-state index is -0.433. The molecule has 0 aromatic heterocycles. The third-order valence-corrected chi connectivity index (χ3v) is 8.49. The van der Waals surface area contributed by atoms with Gasteiger partial charge >= 0.3 is 0 Å². The Kier molecular flexibility index (Phi) is 5.92. The van der Waals surface area contributed by atoms with E-state index < -0.39 is 9.85 Å². The molecule has 0 fully saturated rings. The zero-order valence-corrected chi connectivity index (χ0v) is 23.3. The molecule has 2 aliphatic carbocycles. The van der Waals surface area contributed by atoms with Crippen LogP contribution < -0.4 is 9.47 Å². The first-order valence-electron chi connectivity index (χ1n) is 13.5. The van der Waals surface area contributed by atoms with Crippen LogP contribution in [0.3, 0.4) is 0 Å². The minimum absolute atomic E-state index is 0.0241. The third-order valence-electron chi connectivity index (χ3n) is 8.49. The summed E-state index contributed by atoms with van der Waals surface area (Å²) in [5.41, 5.74) is 4.31. The second-order valence-corrected chi connectivity index (χ2v) is 12.3. The number of rotatable bonds is 6. The van der Waals surface area contributed by atoms with E-state index in [1.807, 2.05) is 12.1 Å². The van der Waals surface area contributed by atoms with Gasteiger partial charge in [0, 0.05) is 17.5 Å². The number of fused-ring (bicyclic) bond motifs is 4. The lowest BCUT2D eigenvalue weighted by Crippen LogP contribution is -2.27. The molecule has 6 rings (SSSR count). The number of non-ortho nitro benzene ring substituents is 2. The lowest BCUT2D eigenvalue weighted by molar-refractivity contribution is -0.385. The van der Waals surface area contributed by atoms with E-state index in [1.54, 1.807) is 24.3 Å². The van der Waals surface area contributed by atoms with Crippen LogP contribution in [0.5, 0.6) is 23.0 Å². The van der Waals surface area contributed by atoms with Gasteiger partial charge in [-0.2, -0.15) is 0 Å². The maximum absolute atomic E-state index is 11.3. The Morgan fingerprint density at radius 1 is 0.561 bits per heavy atom. The molecule has 208 valence electrons. The number of ether oxygens (including phenoxy) is 2. The third kappa shape index (κ3) is 4.49. The lowest BCUT2D eigenvalue weighted by Gasteiger charge is -2.30. The Bertz CT molecular complexity index is 1600. The predicted molar refractivity (Wildman–Crippen MR) is 155 cm³/mol. The fraction of sp³-hybridized carbons (Fsp3) is 0.273. The summed E-state index contributed by atoms with van der Waals surface area (Å²) in [6.07, 6.45) is 1.79. The van der Waals surface area contributed by atoms with Gasteiger partial charge in [-0.3, -0.25) is 20.2 Å². The molecule has 8 nitrogen and oxygen atoms in total. The number of hydrogen-bond acceptors (Lipinski definition) is 6. The Hall–Kier alpha value is -4.72. The van der Waals surface area contributed by atoms with E-state index in [0.717, 1.165) is 12.8 Å². The van der Waals surface area contributed by atoms with Crippen LogP contribution in [-0.4, -0.2) is 9.85 Å². The van der Waals surface area contributed by atoms with Crippen LogP contribution in [0.15, 0.2) is 84.9 Å². The van der Waals surface area contributed by atoms with Crippen LogP contribution >= 0.6 is 0 Å². The zero-order valence-electron chi connectivity index (χ0n) is 23.3.